The molecule has 104 valence electrons. The van der Waals surface area contributed by atoms with Gasteiger partial charge in [0.15, 0.2) is 0 Å². The topological polar surface area (TPSA) is 99.2 Å². The molecule has 0 N–H and O–H groups in total. The summed E-state index contributed by atoms with van der Waals surface area (Å²) in [6, 6.07) is 0. The molecule has 0 bridgehead atoms. The molecule has 8 heteroatoms. The van der Waals surface area contributed by atoms with Crippen LogP contribution in [0.5, 0.6) is 0 Å². The van der Waals surface area contributed by atoms with Crippen LogP contribution in [-0.2, 0) is 28.7 Å². The largest absolute Gasteiger partial charge is 0.537 e. The molecule has 1 saturated heterocycles. The Hall–Kier alpha value is -2.38. The number of hydrogen-bond acceptors (Lipinski definition) is 7. The molecule has 1 fully saturated rings. The quantitative estimate of drug-likeness (QED) is 0.320. The van der Waals surface area contributed by atoms with Crippen molar-refractivity contribution >= 4 is 23.9 Å². The van der Waals surface area contributed by atoms with Crippen LogP contribution in [0, 0.1) is 0 Å². The SMILES string of the molecule is C=C(C)C(=O)OC(C)OC(=O)ON1C(=O)CCC1=O. The number of carbonyl (C=O) groups is 4. The molecular formula is C11H13NO7. The van der Waals surface area contributed by atoms with Crippen molar-refractivity contribution in [3.63, 3.8) is 0 Å². The highest BCUT2D eigenvalue weighted by molar-refractivity contribution is 6.01. The van der Waals surface area contributed by atoms with Crippen LogP contribution in [0.15, 0.2) is 12.2 Å². The van der Waals surface area contributed by atoms with Crippen LogP contribution >= 0.6 is 0 Å². The lowest BCUT2D eigenvalue weighted by Crippen LogP contribution is -2.34. The first kappa shape index (κ1) is 14.7. The van der Waals surface area contributed by atoms with E-state index in [2.05, 4.69) is 20.9 Å². The van der Waals surface area contributed by atoms with E-state index in [4.69, 9.17) is 0 Å². The van der Waals surface area contributed by atoms with E-state index in [1.54, 1.807) is 0 Å². The Labute approximate surface area is 108 Å². The van der Waals surface area contributed by atoms with Gasteiger partial charge in [0.05, 0.1) is 0 Å². The second-order valence-electron chi connectivity index (χ2n) is 3.79. The van der Waals surface area contributed by atoms with Crippen molar-refractivity contribution in [2.75, 3.05) is 0 Å². The van der Waals surface area contributed by atoms with Gasteiger partial charge < -0.3 is 9.47 Å². The molecule has 0 aromatic rings. The molecule has 0 aromatic heterocycles. The maximum atomic E-state index is 11.2. The normalized spacial score (nSPS) is 16.0. The second-order valence-corrected chi connectivity index (χ2v) is 3.79. The minimum Gasteiger partial charge on any atom is -0.422 e. The van der Waals surface area contributed by atoms with Crippen molar-refractivity contribution < 1.29 is 33.5 Å². The van der Waals surface area contributed by atoms with Crippen molar-refractivity contribution in [2.24, 2.45) is 0 Å². The van der Waals surface area contributed by atoms with E-state index in [9.17, 15) is 19.2 Å². The average Bonchev–Trinajstić information content (AvgIpc) is 2.60. The highest BCUT2D eigenvalue weighted by Gasteiger charge is 2.34. The first-order valence-corrected chi connectivity index (χ1v) is 5.42. The molecule has 1 heterocycles. The predicted octanol–water partition coefficient (Wildman–Crippen LogP) is 0.669. The zero-order valence-corrected chi connectivity index (χ0v) is 10.5. The van der Waals surface area contributed by atoms with Gasteiger partial charge in [0, 0.05) is 25.3 Å². The lowest BCUT2D eigenvalue weighted by Gasteiger charge is -2.16. The number of rotatable bonds is 4. The summed E-state index contributed by atoms with van der Waals surface area (Å²) in [6.07, 6.45) is -2.59. The fourth-order valence-corrected chi connectivity index (χ4v) is 1.16. The average molecular weight is 271 g/mol. The summed E-state index contributed by atoms with van der Waals surface area (Å²) in [6.45, 7) is 6.05. The predicted molar refractivity (Wildman–Crippen MR) is 59.0 cm³/mol. The number of ether oxygens (including phenoxy) is 2. The van der Waals surface area contributed by atoms with Crippen molar-refractivity contribution in [3.8, 4) is 0 Å². The Morgan fingerprint density at radius 1 is 1.21 bits per heavy atom. The number of hydroxylamine groups is 2. The number of esters is 1. The van der Waals surface area contributed by atoms with Gasteiger partial charge >= 0.3 is 12.1 Å². The third kappa shape index (κ3) is 4.09. The molecular weight excluding hydrogens is 258 g/mol. The van der Waals surface area contributed by atoms with Crippen LogP contribution in [0.25, 0.3) is 0 Å². The third-order valence-corrected chi connectivity index (χ3v) is 2.06. The van der Waals surface area contributed by atoms with Gasteiger partial charge in [-0.1, -0.05) is 11.6 Å². The lowest BCUT2D eigenvalue weighted by molar-refractivity contribution is -0.190. The van der Waals surface area contributed by atoms with Gasteiger partial charge in [0.2, 0.25) is 6.29 Å². The van der Waals surface area contributed by atoms with Crippen molar-refractivity contribution in [1.82, 2.24) is 5.06 Å². The second kappa shape index (κ2) is 5.98. The van der Waals surface area contributed by atoms with Crippen molar-refractivity contribution in [3.05, 3.63) is 12.2 Å². The van der Waals surface area contributed by atoms with E-state index in [0.717, 1.165) is 0 Å². The maximum absolute atomic E-state index is 11.2. The molecule has 0 aromatic carbocycles. The molecule has 1 aliphatic heterocycles. The fraction of sp³-hybridized carbons (Fsp3) is 0.455. The molecule has 0 saturated carbocycles. The zero-order chi connectivity index (χ0) is 14.6. The molecule has 0 spiro atoms. The Bertz CT molecular complexity index is 426. The Morgan fingerprint density at radius 3 is 2.21 bits per heavy atom. The molecule has 8 nitrogen and oxygen atoms in total. The molecule has 1 aliphatic rings. The van der Waals surface area contributed by atoms with E-state index in [1.165, 1.54) is 13.8 Å². The van der Waals surface area contributed by atoms with Crippen LogP contribution in [0.1, 0.15) is 26.7 Å². The van der Waals surface area contributed by atoms with Crippen LogP contribution < -0.4 is 0 Å². The van der Waals surface area contributed by atoms with E-state index in [1.807, 2.05) is 0 Å². The summed E-state index contributed by atoms with van der Waals surface area (Å²) in [7, 11) is 0. The third-order valence-electron chi connectivity index (χ3n) is 2.06. The highest BCUT2D eigenvalue weighted by Crippen LogP contribution is 2.13. The monoisotopic (exact) mass is 271 g/mol. The van der Waals surface area contributed by atoms with Gasteiger partial charge in [0.1, 0.15) is 0 Å². The minimum absolute atomic E-state index is 0.0215. The van der Waals surface area contributed by atoms with Crippen molar-refractivity contribution in [1.29, 1.82) is 0 Å². The molecule has 1 unspecified atom stereocenters. The number of nitrogens with zero attached hydrogens (tertiary/aromatic N) is 1. The molecule has 0 aliphatic carbocycles. The first-order valence-electron chi connectivity index (χ1n) is 5.42. The summed E-state index contributed by atoms with van der Waals surface area (Å²) in [5.41, 5.74) is 0.133. The van der Waals surface area contributed by atoms with Crippen LogP contribution in [0.2, 0.25) is 0 Å². The number of hydrogen-bond donors (Lipinski definition) is 0. The highest BCUT2D eigenvalue weighted by atomic mass is 16.9. The summed E-state index contributed by atoms with van der Waals surface area (Å²) in [4.78, 5) is 49.1. The van der Waals surface area contributed by atoms with Gasteiger partial charge in [-0.3, -0.25) is 14.4 Å². The minimum atomic E-state index is -1.31. The number of amides is 2. The Kier molecular flexibility index (Phi) is 4.62. The number of imide groups is 1. The van der Waals surface area contributed by atoms with E-state index < -0.39 is 30.2 Å². The van der Waals surface area contributed by atoms with Gasteiger partial charge in [-0.2, -0.15) is 0 Å². The molecule has 2 amide bonds. The summed E-state index contributed by atoms with van der Waals surface area (Å²) in [5.74, 6) is -2.00. The first-order chi connectivity index (χ1) is 8.81. The lowest BCUT2D eigenvalue weighted by atomic mass is 10.4. The summed E-state index contributed by atoms with van der Waals surface area (Å²) < 4.78 is 9.19. The van der Waals surface area contributed by atoms with Gasteiger partial charge in [-0.05, 0) is 6.92 Å². The van der Waals surface area contributed by atoms with E-state index >= 15 is 0 Å². The van der Waals surface area contributed by atoms with Gasteiger partial charge in [-0.25, -0.2) is 9.59 Å². The zero-order valence-electron chi connectivity index (χ0n) is 10.5. The summed E-state index contributed by atoms with van der Waals surface area (Å²) >= 11 is 0. The standard InChI is InChI=1S/C11H13NO7/c1-6(2)10(15)17-7(3)18-11(16)19-12-8(13)4-5-9(12)14/h7H,1,4-5H2,2-3H3. The molecule has 1 atom stereocenters. The fourth-order valence-electron chi connectivity index (χ4n) is 1.16. The van der Waals surface area contributed by atoms with Crippen LogP contribution in [0.3, 0.4) is 0 Å². The molecule has 19 heavy (non-hydrogen) atoms. The smallest absolute Gasteiger partial charge is 0.422 e. The molecule has 0 radical (unpaired) electrons. The van der Waals surface area contributed by atoms with E-state index in [0.29, 0.717) is 5.06 Å². The van der Waals surface area contributed by atoms with E-state index in [-0.39, 0.29) is 18.4 Å². The van der Waals surface area contributed by atoms with Gasteiger partial charge in [0.25, 0.3) is 11.8 Å². The van der Waals surface area contributed by atoms with Crippen LogP contribution in [-0.4, -0.2) is 35.3 Å². The maximum Gasteiger partial charge on any atom is 0.537 e. The number of carbonyl (C=O) groups excluding carboxylic acids is 4. The Morgan fingerprint density at radius 2 is 1.74 bits per heavy atom. The van der Waals surface area contributed by atoms with Crippen LogP contribution in [0.4, 0.5) is 4.79 Å². The Balaban J connectivity index is 2.43. The summed E-state index contributed by atoms with van der Waals surface area (Å²) in [5, 5.41) is 0.329. The molecule has 1 rings (SSSR count). The van der Waals surface area contributed by atoms with Crippen molar-refractivity contribution in [2.45, 2.75) is 33.0 Å². The van der Waals surface area contributed by atoms with Gasteiger partial charge in [-0.15, -0.1) is 0 Å².